The number of carbonyl (C=O) groups is 1. The molecule has 1 aliphatic carbocycles. The van der Waals surface area contributed by atoms with Crippen LogP contribution in [0.15, 0.2) is 47.4 Å². The second-order valence-electron chi connectivity index (χ2n) is 9.64. The van der Waals surface area contributed by atoms with E-state index in [1.807, 2.05) is 24.3 Å². The van der Waals surface area contributed by atoms with Crippen molar-refractivity contribution in [3.63, 3.8) is 0 Å². The smallest absolute Gasteiger partial charge is 0.246 e. The summed E-state index contributed by atoms with van der Waals surface area (Å²) in [5.41, 5.74) is 3.22. The van der Waals surface area contributed by atoms with Crippen LogP contribution in [0.1, 0.15) is 36.1 Å². The molecule has 198 valence electrons. The van der Waals surface area contributed by atoms with E-state index in [1.54, 1.807) is 22.7 Å². The number of hydrogen-bond acceptors (Lipinski definition) is 6. The van der Waals surface area contributed by atoms with Crippen LogP contribution in [0.25, 0.3) is 20.8 Å². The standard InChI is InChI=1S/C27H25F2N3O3S3/c28-17-9-10-19(29)23(15-17)38(34,35)32-13-11-16(12-14-32)25(33)31-27-24(18-5-1-3-7-21(18)36-27)26-30-20-6-2-4-8-22(20)37-26/h2,4,6,8-10,15-16H,1,3,5,7,11-14H2,(H,31,33). The number of halogens is 2. The van der Waals surface area contributed by atoms with E-state index in [9.17, 15) is 22.0 Å². The summed E-state index contributed by atoms with van der Waals surface area (Å²) in [6.45, 7) is 0.115. The molecule has 1 N–H and O–H groups in total. The highest BCUT2D eigenvalue weighted by atomic mass is 32.2. The maximum Gasteiger partial charge on any atom is 0.246 e. The van der Waals surface area contributed by atoms with Crippen molar-refractivity contribution in [3.8, 4) is 10.6 Å². The first-order valence-corrected chi connectivity index (χ1v) is 15.6. The first kappa shape index (κ1) is 25.5. The minimum absolute atomic E-state index is 0.0576. The molecule has 6 rings (SSSR count). The van der Waals surface area contributed by atoms with Gasteiger partial charge in [-0.1, -0.05) is 12.1 Å². The lowest BCUT2D eigenvalue weighted by atomic mass is 9.95. The van der Waals surface area contributed by atoms with E-state index in [-0.39, 0.29) is 24.9 Å². The van der Waals surface area contributed by atoms with Crippen LogP contribution in [-0.2, 0) is 27.7 Å². The summed E-state index contributed by atoms with van der Waals surface area (Å²) in [4.78, 5) is 18.8. The van der Waals surface area contributed by atoms with E-state index >= 15 is 0 Å². The Balaban J connectivity index is 1.21. The number of piperidine rings is 1. The zero-order chi connectivity index (χ0) is 26.4. The summed E-state index contributed by atoms with van der Waals surface area (Å²) >= 11 is 3.24. The van der Waals surface area contributed by atoms with Crippen molar-refractivity contribution in [1.29, 1.82) is 0 Å². The molecule has 2 aliphatic rings. The van der Waals surface area contributed by atoms with Crippen molar-refractivity contribution in [2.75, 3.05) is 18.4 Å². The summed E-state index contributed by atoms with van der Waals surface area (Å²) in [5.74, 6) is -2.35. The Labute approximate surface area is 227 Å². The van der Waals surface area contributed by atoms with Gasteiger partial charge in [-0.3, -0.25) is 4.79 Å². The van der Waals surface area contributed by atoms with Gasteiger partial charge in [0.25, 0.3) is 0 Å². The number of fused-ring (bicyclic) bond motifs is 2. The molecule has 1 amide bonds. The van der Waals surface area contributed by atoms with Gasteiger partial charge in [0.15, 0.2) is 0 Å². The van der Waals surface area contributed by atoms with Crippen molar-refractivity contribution in [1.82, 2.24) is 9.29 Å². The van der Waals surface area contributed by atoms with Crippen LogP contribution < -0.4 is 5.32 Å². The maximum atomic E-state index is 14.2. The molecule has 0 unspecified atom stereocenters. The first-order valence-electron chi connectivity index (χ1n) is 12.6. The third kappa shape index (κ3) is 4.66. The maximum absolute atomic E-state index is 14.2. The van der Waals surface area contributed by atoms with Crippen molar-refractivity contribution in [3.05, 3.63) is 64.5 Å². The largest absolute Gasteiger partial charge is 0.317 e. The molecule has 11 heteroatoms. The molecular weight excluding hydrogens is 549 g/mol. The zero-order valence-corrected chi connectivity index (χ0v) is 22.8. The molecule has 0 saturated carbocycles. The van der Waals surface area contributed by atoms with E-state index in [1.165, 1.54) is 10.4 Å². The lowest BCUT2D eigenvalue weighted by Crippen LogP contribution is -2.41. The van der Waals surface area contributed by atoms with Crippen LogP contribution in [0.3, 0.4) is 0 Å². The molecule has 0 atom stereocenters. The van der Waals surface area contributed by atoms with Gasteiger partial charge in [0.05, 0.1) is 10.2 Å². The fraction of sp³-hybridized carbons (Fsp3) is 0.333. The molecule has 3 heterocycles. The minimum atomic E-state index is -4.20. The summed E-state index contributed by atoms with van der Waals surface area (Å²) in [6, 6.07) is 10.4. The number of amides is 1. The number of nitrogens with one attached hydrogen (secondary N) is 1. The van der Waals surface area contributed by atoms with Crippen molar-refractivity contribution < 1.29 is 22.0 Å². The van der Waals surface area contributed by atoms with Crippen molar-refractivity contribution >= 4 is 53.8 Å². The van der Waals surface area contributed by atoms with Crippen LogP contribution in [0.5, 0.6) is 0 Å². The quantitative estimate of drug-likeness (QED) is 0.307. The van der Waals surface area contributed by atoms with Gasteiger partial charge in [0.1, 0.15) is 26.5 Å². The predicted molar refractivity (Wildman–Crippen MR) is 146 cm³/mol. The first-order chi connectivity index (χ1) is 18.3. The molecule has 1 saturated heterocycles. The number of sulfonamides is 1. The molecule has 2 aromatic carbocycles. The fourth-order valence-electron chi connectivity index (χ4n) is 5.25. The highest BCUT2D eigenvalue weighted by Gasteiger charge is 2.35. The molecule has 1 aliphatic heterocycles. The van der Waals surface area contributed by atoms with Gasteiger partial charge in [0, 0.05) is 29.4 Å². The topological polar surface area (TPSA) is 79.4 Å². The number of thiazole rings is 1. The van der Waals surface area contributed by atoms with Crippen LogP contribution in [-0.4, -0.2) is 36.7 Å². The Hall–Kier alpha value is -2.73. The number of aromatic nitrogens is 1. The third-order valence-corrected chi connectivity index (χ3v) is 11.4. The van der Waals surface area contributed by atoms with E-state index in [4.69, 9.17) is 4.98 Å². The van der Waals surface area contributed by atoms with E-state index in [0.717, 1.165) is 67.9 Å². The number of rotatable bonds is 5. The third-order valence-electron chi connectivity index (χ3n) is 7.25. The monoisotopic (exact) mass is 573 g/mol. The number of hydrogen-bond donors (Lipinski definition) is 1. The van der Waals surface area contributed by atoms with E-state index < -0.39 is 26.6 Å². The molecule has 0 bridgehead atoms. The number of para-hydroxylation sites is 1. The van der Waals surface area contributed by atoms with Crippen LogP contribution in [0.2, 0.25) is 0 Å². The second kappa shape index (κ2) is 10.1. The van der Waals surface area contributed by atoms with Gasteiger partial charge in [-0.05, 0) is 74.4 Å². The number of nitrogens with zero attached hydrogens (tertiary/aromatic N) is 2. The number of carbonyl (C=O) groups excluding carboxylic acids is 1. The minimum Gasteiger partial charge on any atom is -0.317 e. The van der Waals surface area contributed by atoms with Crippen LogP contribution in [0.4, 0.5) is 13.8 Å². The molecular formula is C27H25F2N3O3S3. The number of benzene rings is 2. The molecule has 0 radical (unpaired) electrons. The van der Waals surface area contributed by atoms with E-state index in [0.29, 0.717) is 18.9 Å². The number of thiophene rings is 1. The Morgan fingerprint density at radius 2 is 1.79 bits per heavy atom. The molecule has 0 spiro atoms. The summed E-state index contributed by atoms with van der Waals surface area (Å²) in [7, 11) is -4.20. The van der Waals surface area contributed by atoms with Gasteiger partial charge < -0.3 is 5.32 Å². The van der Waals surface area contributed by atoms with Crippen LogP contribution >= 0.6 is 22.7 Å². The van der Waals surface area contributed by atoms with Gasteiger partial charge in [-0.2, -0.15) is 4.31 Å². The Morgan fingerprint density at radius 3 is 2.58 bits per heavy atom. The lowest BCUT2D eigenvalue weighted by molar-refractivity contribution is -0.120. The van der Waals surface area contributed by atoms with Gasteiger partial charge in [0.2, 0.25) is 15.9 Å². The van der Waals surface area contributed by atoms with Gasteiger partial charge >= 0.3 is 0 Å². The molecule has 4 aromatic rings. The SMILES string of the molecule is O=C(Nc1sc2c(c1-c1nc3ccccc3s1)CCCC2)C1CCN(S(=O)(=O)c2cc(F)ccc2F)CC1. The van der Waals surface area contributed by atoms with Gasteiger partial charge in [-0.25, -0.2) is 22.2 Å². The molecule has 38 heavy (non-hydrogen) atoms. The molecule has 2 aromatic heterocycles. The number of aryl methyl sites for hydroxylation is 1. The highest BCUT2D eigenvalue weighted by Crippen LogP contribution is 2.46. The second-order valence-corrected chi connectivity index (χ2v) is 13.7. The Morgan fingerprint density at radius 1 is 1.03 bits per heavy atom. The van der Waals surface area contributed by atoms with Crippen LogP contribution in [0, 0.1) is 17.6 Å². The number of anilines is 1. The van der Waals surface area contributed by atoms with Gasteiger partial charge in [-0.15, -0.1) is 22.7 Å². The highest BCUT2D eigenvalue weighted by molar-refractivity contribution is 7.89. The summed E-state index contributed by atoms with van der Waals surface area (Å²) < 4.78 is 55.9. The summed E-state index contributed by atoms with van der Waals surface area (Å²) in [6.07, 6.45) is 4.76. The Kier molecular flexibility index (Phi) is 6.79. The van der Waals surface area contributed by atoms with E-state index in [2.05, 4.69) is 5.32 Å². The summed E-state index contributed by atoms with van der Waals surface area (Å²) in [5, 5.41) is 4.86. The lowest BCUT2D eigenvalue weighted by Gasteiger charge is -2.30. The van der Waals surface area contributed by atoms with Crippen molar-refractivity contribution in [2.24, 2.45) is 5.92 Å². The fourth-order valence-corrected chi connectivity index (χ4v) is 9.19. The average Bonchev–Trinajstić information content (AvgIpc) is 3.50. The normalized spacial score (nSPS) is 17.0. The van der Waals surface area contributed by atoms with Crippen molar-refractivity contribution in [2.45, 2.75) is 43.4 Å². The predicted octanol–water partition coefficient (Wildman–Crippen LogP) is 6.22. The zero-order valence-electron chi connectivity index (χ0n) is 20.4. The average molecular weight is 574 g/mol. The Bertz CT molecular complexity index is 1610. The molecule has 1 fully saturated rings. The molecule has 6 nitrogen and oxygen atoms in total.